The van der Waals surface area contributed by atoms with Gasteiger partial charge in [0.15, 0.2) is 0 Å². The van der Waals surface area contributed by atoms with Crippen molar-refractivity contribution >= 4 is 149 Å². The number of hydrogen-bond donors (Lipinski definition) is 0. The van der Waals surface area contributed by atoms with Crippen LogP contribution in [0.3, 0.4) is 0 Å². The Hall–Kier alpha value is 3.56. The molecule has 3 nitrogen and oxygen atoms in total. The fourth-order valence-corrected chi connectivity index (χ4v) is 21.3. The summed E-state index contributed by atoms with van der Waals surface area (Å²) in [4.78, 5) is 0. The summed E-state index contributed by atoms with van der Waals surface area (Å²) in [5, 5.41) is 2.97. The van der Waals surface area contributed by atoms with Crippen molar-refractivity contribution in [2.45, 2.75) is 80.1 Å². The molecule has 7 heterocycles. The zero-order valence-electron chi connectivity index (χ0n) is 21.5. The normalized spacial score (nSPS) is 45.5. The summed E-state index contributed by atoms with van der Waals surface area (Å²) in [6, 6.07) is 0. The molecule has 2 spiro atoms. The summed E-state index contributed by atoms with van der Waals surface area (Å²) in [7, 11) is 0. The van der Waals surface area contributed by atoms with E-state index in [0.717, 1.165) is 46.2 Å². The predicted molar refractivity (Wildman–Crippen MR) is 197 cm³/mol. The number of thioether (sulfide) groups is 10. The van der Waals surface area contributed by atoms with Gasteiger partial charge in [-0.15, -0.1) is 118 Å². The topological polar surface area (TPSA) is 31.0 Å². The molecule has 0 N–H and O–H groups in total. The average molecular weight is 743 g/mol. The molecular weight excluding hydrogens is 709 g/mol. The standard InChI is InChI=1S/C13H20O2S6.C7H8S6.C3H6O/c1-8-4-16-12(14-8)18-6-10(20-12)3-11-7-19-13(21-11)15-9(2)5-17-13;8-6-10-2-4(12-6)1-5-3-11-7(9)13-5;1-3-2-4-3/h8-11H,3-7H2,1-2H3;4-5H,1-3H2;3H,2H2,1H3. The molecule has 0 aliphatic carbocycles. The molecule has 38 heavy (non-hydrogen) atoms. The van der Waals surface area contributed by atoms with Crippen LogP contribution in [0, 0.1) is 0 Å². The van der Waals surface area contributed by atoms with E-state index >= 15 is 0 Å². The van der Waals surface area contributed by atoms with Gasteiger partial charge in [-0.2, -0.15) is 0 Å². The van der Waals surface area contributed by atoms with Crippen LogP contribution in [-0.2, 0) is 14.2 Å². The highest BCUT2D eigenvalue weighted by atomic mass is 32.3. The first-order chi connectivity index (χ1) is 18.2. The van der Waals surface area contributed by atoms with E-state index in [1.807, 2.05) is 94.1 Å². The van der Waals surface area contributed by atoms with E-state index in [-0.39, 0.29) is 7.19 Å². The molecule has 7 aliphatic rings. The average Bonchev–Trinajstić information content (AvgIpc) is 3.46. The van der Waals surface area contributed by atoms with Gasteiger partial charge in [0.2, 0.25) is 7.19 Å². The zero-order chi connectivity index (χ0) is 26.8. The first-order valence-electron chi connectivity index (χ1n) is 12.8. The van der Waals surface area contributed by atoms with Crippen LogP contribution in [0.1, 0.15) is 33.6 Å². The summed E-state index contributed by atoms with van der Waals surface area (Å²) in [5.74, 6) is 7.18. The Morgan fingerprint density at radius 1 is 0.632 bits per heavy atom. The zero-order valence-corrected chi connectivity index (χ0v) is 31.3. The van der Waals surface area contributed by atoms with Gasteiger partial charge in [-0.25, -0.2) is 0 Å². The third kappa shape index (κ3) is 10.0. The molecule has 0 radical (unpaired) electrons. The van der Waals surface area contributed by atoms with E-state index in [1.54, 1.807) is 0 Å². The van der Waals surface area contributed by atoms with Gasteiger partial charge >= 0.3 is 0 Å². The number of hydrogen-bond acceptors (Lipinski definition) is 15. The van der Waals surface area contributed by atoms with E-state index in [2.05, 4.69) is 44.3 Å². The van der Waals surface area contributed by atoms with Gasteiger partial charge in [-0.1, -0.05) is 24.4 Å². The maximum atomic E-state index is 6.16. The van der Waals surface area contributed by atoms with Crippen molar-refractivity contribution in [2.75, 3.05) is 41.1 Å². The molecular formula is C23H34O3S12. The van der Waals surface area contributed by atoms with Crippen molar-refractivity contribution in [1.82, 2.24) is 0 Å². The molecule has 9 atom stereocenters. The van der Waals surface area contributed by atoms with Crippen molar-refractivity contribution in [2.24, 2.45) is 0 Å². The number of rotatable bonds is 4. The lowest BCUT2D eigenvalue weighted by Gasteiger charge is -2.22. The fraction of sp³-hybridized carbons (Fsp3) is 0.913. The minimum Gasteiger partial charge on any atom is -0.373 e. The summed E-state index contributed by atoms with van der Waals surface area (Å²) >= 11 is 29.9. The molecule has 0 aromatic carbocycles. The van der Waals surface area contributed by atoms with Crippen molar-refractivity contribution < 1.29 is 14.2 Å². The van der Waals surface area contributed by atoms with Gasteiger partial charge in [0.25, 0.3) is 0 Å². The lowest BCUT2D eigenvalue weighted by atomic mass is 10.2. The molecule has 7 fully saturated rings. The first kappa shape index (κ1) is 32.9. The molecule has 7 aliphatic heterocycles. The fourth-order valence-electron chi connectivity index (χ4n) is 4.15. The van der Waals surface area contributed by atoms with Crippen LogP contribution in [0.25, 0.3) is 0 Å². The summed E-state index contributed by atoms with van der Waals surface area (Å²) in [6.45, 7) is 7.43. The Morgan fingerprint density at radius 2 is 1.03 bits per heavy atom. The molecule has 7 rings (SSSR count). The Kier molecular flexibility index (Phi) is 13.2. The lowest BCUT2D eigenvalue weighted by Crippen LogP contribution is -2.17. The molecule has 216 valence electrons. The van der Waals surface area contributed by atoms with E-state index < -0.39 is 0 Å². The maximum Gasteiger partial charge on any atom is 0.209 e. The highest BCUT2D eigenvalue weighted by Crippen LogP contribution is 2.63. The Labute approximate surface area is 281 Å². The van der Waals surface area contributed by atoms with Crippen molar-refractivity contribution in [1.29, 1.82) is 0 Å². The third-order valence-corrected chi connectivity index (χ3v) is 23.2. The second kappa shape index (κ2) is 15.2. The van der Waals surface area contributed by atoms with E-state index in [4.69, 9.17) is 38.6 Å². The van der Waals surface area contributed by atoms with Crippen LogP contribution in [0.15, 0.2) is 0 Å². The highest BCUT2D eigenvalue weighted by Gasteiger charge is 2.51. The number of epoxide rings is 1. The second-order valence-electron chi connectivity index (χ2n) is 9.80. The maximum absolute atomic E-state index is 6.16. The summed E-state index contributed by atoms with van der Waals surface area (Å²) in [6.07, 6.45) is 3.99. The van der Waals surface area contributed by atoms with Gasteiger partial charge < -0.3 is 14.2 Å². The van der Waals surface area contributed by atoms with E-state index in [9.17, 15) is 0 Å². The summed E-state index contributed by atoms with van der Waals surface area (Å²) < 4.78 is 19.3. The third-order valence-electron chi connectivity index (χ3n) is 6.05. The first-order valence-corrected chi connectivity index (χ1v) is 23.0. The van der Waals surface area contributed by atoms with Crippen LogP contribution in [0.2, 0.25) is 0 Å². The quantitative estimate of drug-likeness (QED) is 0.203. The van der Waals surface area contributed by atoms with Gasteiger partial charge in [0.1, 0.15) is 7.06 Å². The summed E-state index contributed by atoms with van der Waals surface area (Å²) in [5.41, 5.74) is 0. The molecule has 7 saturated heterocycles. The van der Waals surface area contributed by atoms with Gasteiger partial charge in [-0.3, -0.25) is 0 Å². The molecule has 0 saturated carbocycles. The monoisotopic (exact) mass is 742 g/mol. The van der Waals surface area contributed by atoms with Crippen molar-refractivity contribution in [3.63, 3.8) is 0 Å². The lowest BCUT2D eigenvalue weighted by molar-refractivity contribution is 0.106. The smallest absolute Gasteiger partial charge is 0.209 e. The van der Waals surface area contributed by atoms with Crippen LogP contribution in [0.5, 0.6) is 0 Å². The van der Waals surface area contributed by atoms with Crippen molar-refractivity contribution in [3.8, 4) is 0 Å². The number of ether oxygens (including phenoxy) is 3. The van der Waals surface area contributed by atoms with Crippen LogP contribution in [-0.4, -0.2) is 94.7 Å². The predicted octanol–water partition coefficient (Wildman–Crippen LogP) is 8.65. The van der Waals surface area contributed by atoms with Crippen LogP contribution in [0.4, 0.5) is 0 Å². The van der Waals surface area contributed by atoms with E-state index in [1.165, 1.54) is 35.9 Å². The van der Waals surface area contributed by atoms with Gasteiger partial charge in [0, 0.05) is 55.5 Å². The van der Waals surface area contributed by atoms with E-state index in [0.29, 0.717) is 18.3 Å². The minimum absolute atomic E-state index is 0.0192. The largest absolute Gasteiger partial charge is 0.373 e. The molecule has 15 heteroatoms. The molecule has 9 unspecified atom stereocenters. The Morgan fingerprint density at radius 3 is 1.34 bits per heavy atom. The molecule has 0 aromatic heterocycles. The van der Waals surface area contributed by atoms with Crippen LogP contribution >= 0.6 is 142 Å². The second-order valence-corrected chi connectivity index (χ2v) is 26.1. The minimum atomic E-state index is 0.0192. The highest BCUT2D eigenvalue weighted by molar-refractivity contribution is 8.50. The SMILES string of the molecule is CC1CO1.CC1CSC2(O1)SCC(CC1CSC3(OC(C)CS3)S1)S2.S=C1SCC(CC2CSC(=S)S2)S1. The molecule has 0 aromatic rings. The van der Waals surface area contributed by atoms with Gasteiger partial charge in [0.05, 0.1) is 24.9 Å². The molecule has 0 bridgehead atoms. The Bertz CT molecular complexity index is 788. The molecule has 0 amide bonds. The Balaban J connectivity index is 0.000000146. The van der Waals surface area contributed by atoms with Gasteiger partial charge in [-0.05, 0) is 33.6 Å². The van der Waals surface area contributed by atoms with Crippen LogP contribution < -0.4 is 0 Å². The van der Waals surface area contributed by atoms with Crippen molar-refractivity contribution in [3.05, 3.63) is 0 Å². The number of thiocarbonyl (C=S) groups is 2.